The Morgan fingerprint density at radius 1 is 0.818 bits per heavy atom. The summed E-state index contributed by atoms with van der Waals surface area (Å²) in [6.07, 6.45) is 1.83. The van der Waals surface area contributed by atoms with Gasteiger partial charge in [-0.2, -0.15) is 0 Å². The lowest BCUT2D eigenvalue weighted by Crippen LogP contribution is -1.88. The molecule has 0 spiro atoms. The van der Waals surface area contributed by atoms with Crippen LogP contribution < -0.4 is 4.74 Å². The Hall–Kier alpha value is -2.94. The molecule has 0 aliphatic rings. The standard InChI is InChI=1S/C19H14N2O/c1-22-16-9-8-13-10-15(7-6-14(13)11-16)19-12-20-17-4-2-3-5-18(17)21-19/h2-12H,1H3. The van der Waals surface area contributed by atoms with Gasteiger partial charge in [0, 0.05) is 5.56 Å². The lowest BCUT2D eigenvalue weighted by molar-refractivity contribution is 0.415. The molecule has 0 fully saturated rings. The van der Waals surface area contributed by atoms with Gasteiger partial charge in [-0.05, 0) is 41.1 Å². The molecule has 4 rings (SSSR count). The van der Waals surface area contributed by atoms with Crippen molar-refractivity contribution >= 4 is 21.8 Å². The van der Waals surface area contributed by atoms with E-state index in [1.165, 1.54) is 0 Å². The van der Waals surface area contributed by atoms with E-state index < -0.39 is 0 Å². The van der Waals surface area contributed by atoms with Crippen LogP contribution in [0.5, 0.6) is 5.75 Å². The van der Waals surface area contributed by atoms with E-state index >= 15 is 0 Å². The van der Waals surface area contributed by atoms with Crippen LogP contribution in [0.4, 0.5) is 0 Å². The van der Waals surface area contributed by atoms with Crippen LogP contribution in [0.1, 0.15) is 0 Å². The van der Waals surface area contributed by atoms with Crippen LogP contribution in [0.15, 0.2) is 66.9 Å². The highest BCUT2D eigenvalue weighted by Crippen LogP contribution is 2.26. The Bertz CT molecular complexity index is 979. The van der Waals surface area contributed by atoms with Gasteiger partial charge in [0.2, 0.25) is 0 Å². The zero-order chi connectivity index (χ0) is 14.9. The predicted octanol–water partition coefficient (Wildman–Crippen LogP) is 4.46. The van der Waals surface area contributed by atoms with E-state index in [1.54, 1.807) is 7.11 Å². The summed E-state index contributed by atoms with van der Waals surface area (Å²) in [5.41, 5.74) is 3.78. The molecule has 0 N–H and O–H groups in total. The predicted molar refractivity (Wildman–Crippen MR) is 89.0 cm³/mol. The van der Waals surface area contributed by atoms with E-state index in [9.17, 15) is 0 Å². The molecule has 106 valence electrons. The summed E-state index contributed by atoms with van der Waals surface area (Å²) in [6.45, 7) is 0. The molecule has 4 aromatic rings. The molecule has 22 heavy (non-hydrogen) atoms. The molecule has 1 aromatic heterocycles. The molecule has 3 aromatic carbocycles. The van der Waals surface area contributed by atoms with Gasteiger partial charge in [-0.3, -0.25) is 4.98 Å². The maximum Gasteiger partial charge on any atom is 0.119 e. The van der Waals surface area contributed by atoms with Gasteiger partial charge >= 0.3 is 0 Å². The minimum absolute atomic E-state index is 0.866. The molecule has 0 atom stereocenters. The Morgan fingerprint density at radius 2 is 1.59 bits per heavy atom. The number of nitrogens with zero attached hydrogens (tertiary/aromatic N) is 2. The van der Waals surface area contributed by atoms with Gasteiger partial charge in [0.25, 0.3) is 0 Å². The average Bonchev–Trinajstić information content (AvgIpc) is 2.60. The molecule has 0 aliphatic carbocycles. The van der Waals surface area contributed by atoms with E-state index in [0.29, 0.717) is 0 Å². The Kier molecular flexibility index (Phi) is 2.97. The quantitative estimate of drug-likeness (QED) is 0.545. The second-order valence-electron chi connectivity index (χ2n) is 5.17. The smallest absolute Gasteiger partial charge is 0.119 e. The molecule has 0 unspecified atom stereocenters. The average molecular weight is 286 g/mol. The summed E-state index contributed by atoms with van der Waals surface area (Å²) < 4.78 is 5.26. The first-order valence-electron chi connectivity index (χ1n) is 7.13. The molecule has 0 amide bonds. The summed E-state index contributed by atoms with van der Waals surface area (Å²) >= 11 is 0. The van der Waals surface area contributed by atoms with Crippen molar-refractivity contribution in [3.8, 4) is 17.0 Å². The number of rotatable bonds is 2. The minimum atomic E-state index is 0.866. The van der Waals surface area contributed by atoms with E-state index in [4.69, 9.17) is 9.72 Å². The van der Waals surface area contributed by atoms with Crippen molar-refractivity contribution in [2.45, 2.75) is 0 Å². The maximum atomic E-state index is 5.26. The summed E-state index contributed by atoms with van der Waals surface area (Å²) in [4.78, 5) is 9.18. The number of ether oxygens (including phenoxy) is 1. The van der Waals surface area contributed by atoms with Gasteiger partial charge < -0.3 is 4.74 Å². The third-order valence-electron chi connectivity index (χ3n) is 3.79. The number of para-hydroxylation sites is 2. The van der Waals surface area contributed by atoms with Crippen LogP contribution in [-0.4, -0.2) is 17.1 Å². The summed E-state index contributed by atoms with van der Waals surface area (Å²) in [6, 6.07) is 20.3. The fourth-order valence-corrected chi connectivity index (χ4v) is 2.61. The summed E-state index contributed by atoms with van der Waals surface area (Å²) in [7, 11) is 1.68. The van der Waals surface area contributed by atoms with Crippen LogP contribution >= 0.6 is 0 Å². The maximum absolute atomic E-state index is 5.26. The minimum Gasteiger partial charge on any atom is -0.497 e. The molecule has 1 heterocycles. The topological polar surface area (TPSA) is 35.0 Å². The molecule has 0 saturated heterocycles. The number of benzene rings is 3. The Morgan fingerprint density at radius 3 is 2.45 bits per heavy atom. The van der Waals surface area contributed by atoms with Gasteiger partial charge in [0.05, 0.1) is 30.0 Å². The van der Waals surface area contributed by atoms with E-state index in [1.807, 2.05) is 42.6 Å². The van der Waals surface area contributed by atoms with Crippen molar-refractivity contribution in [3.63, 3.8) is 0 Å². The summed E-state index contributed by atoms with van der Waals surface area (Å²) in [5.74, 6) is 0.866. The zero-order valence-corrected chi connectivity index (χ0v) is 12.2. The first-order valence-corrected chi connectivity index (χ1v) is 7.13. The van der Waals surface area contributed by atoms with Crippen LogP contribution in [0.25, 0.3) is 33.1 Å². The molecule has 0 bridgehead atoms. The highest BCUT2D eigenvalue weighted by molar-refractivity contribution is 5.88. The van der Waals surface area contributed by atoms with Crippen LogP contribution in [-0.2, 0) is 0 Å². The van der Waals surface area contributed by atoms with Crippen molar-refractivity contribution in [2.75, 3.05) is 7.11 Å². The third-order valence-corrected chi connectivity index (χ3v) is 3.79. The number of methoxy groups -OCH3 is 1. The van der Waals surface area contributed by atoms with Gasteiger partial charge in [-0.15, -0.1) is 0 Å². The van der Waals surface area contributed by atoms with E-state index in [2.05, 4.69) is 29.2 Å². The van der Waals surface area contributed by atoms with Crippen LogP contribution in [0.3, 0.4) is 0 Å². The Labute approximate surface area is 128 Å². The fraction of sp³-hybridized carbons (Fsp3) is 0.0526. The van der Waals surface area contributed by atoms with E-state index in [0.717, 1.165) is 38.8 Å². The van der Waals surface area contributed by atoms with Crippen molar-refractivity contribution in [3.05, 3.63) is 66.9 Å². The Balaban J connectivity index is 1.84. The SMILES string of the molecule is COc1ccc2cc(-c3cnc4ccccc4n3)ccc2c1. The number of hydrogen-bond donors (Lipinski definition) is 0. The number of hydrogen-bond acceptors (Lipinski definition) is 3. The first-order chi connectivity index (χ1) is 10.8. The highest BCUT2D eigenvalue weighted by Gasteiger charge is 2.04. The normalized spacial score (nSPS) is 11.0. The van der Waals surface area contributed by atoms with Gasteiger partial charge in [-0.1, -0.05) is 30.3 Å². The molecule has 3 nitrogen and oxygen atoms in total. The van der Waals surface area contributed by atoms with Gasteiger partial charge in [-0.25, -0.2) is 4.98 Å². The highest BCUT2D eigenvalue weighted by atomic mass is 16.5. The van der Waals surface area contributed by atoms with Crippen molar-refractivity contribution in [2.24, 2.45) is 0 Å². The molecule has 0 radical (unpaired) electrons. The van der Waals surface area contributed by atoms with E-state index in [-0.39, 0.29) is 0 Å². The van der Waals surface area contributed by atoms with Crippen molar-refractivity contribution in [1.29, 1.82) is 0 Å². The van der Waals surface area contributed by atoms with Crippen LogP contribution in [0, 0.1) is 0 Å². The molecule has 0 saturated carbocycles. The molecular formula is C19H14N2O. The van der Waals surface area contributed by atoms with Crippen LogP contribution in [0.2, 0.25) is 0 Å². The lowest BCUT2D eigenvalue weighted by Gasteiger charge is -2.06. The fourth-order valence-electron chi connectivity index (χ4n) is 2.61. The van der Waals surface area contributed by atoms with Gasteiger partial charge in [0.1, 0.15) is 5.75 Å². The van der Waals surface area contributed by atoms with Gasteiger partial charge in [0.15, 0.2) is 0 Å². The number of aromatic nitrogens is 2. The summed E-state index contributed by atoms with van der Waals surface area (Å²) in [5, 5.41) is 2.31. The van der Waals surface area contributed by atoms with Crippen molar-refractivity contribution in [1.82, 2.24) is 9.97 Å². The molecule has 0 aliphatic heterocycles. The third kappa shape index (κ3) is 2.17. The largest absolute Gasteiger partial charge is 0.497 e. The monoisotopic (exact) mass is 286 g/mol. The molecule has 3 heteroatoms. The lowest BCUT2D eigenvalue weighted by atomic mass is 10.0. The second kappa shape index (κ2) is 5.11. The zero-order valence-electron chi connectivity index (χ0n) is 12.2. The van der Waals surface area contributed by atoms with Crippen molar-refractivity contribution < 1.29 is 4.74 Å². The number of fused-ring (bicyclic) bond motifs is 2. The second-order valence-corrected chi connectivity index (χ2v) is 5.17. The molecular weight excluding hydrogens is 272 g/mol. The first kappa shape index (κ1) is 12.8.